The number of hydrogen-bond donors (Lipinski definition) is 1. The van der Waals surface area contributed by atoms with E-state index in [1.807, 2.05) is 12.4 Å². The van der Waals surface area contributed by atoms with E-state index in [4.69, 9.17) is 0 Å². The zero-order valence-electron chi connectivity index (χ0n) is 12.1. The monoisotopic (exact) mass is 276 g/mol. The molecule has 0 saturated heterocycles. The number of benzene rings is 2. The molecule has 2 nitrogen and oxygen atoms in total. The molecule has 0 unspecified atom stereocenters. The summed E-state index contributed by atoms with van der Waals surface area (Å²) in [5, 5.41) is 6.05. The van der Waals surface area contributed by atoms with Crippen molar-refractivity contribution in [1.29, 1.82) is 0 Å². The van der Waals surface area contributed by atoms with E-state index in [1.54, 1.807) is 0 Å². The van der Waals surface area contributed by atoms with Crippen molar-refractivity contribution in [2.75, 3.05) is 6.54 Å². The van der Waals surface area contributed by atoms with Crippen LogP contribution in [0.1, 0.15) is 17.5 Å². The van der Waals surface area contributed by atoms with Crippen LogP contribution in [0.3, 0.4) is 0 Å². The van der Waals surface area contributed by atoms with Gasteiger partial charge in [-0.15, -0.1) is 0 Å². The minimum Gasteiger partial charge on any atom is -0.313 e. The highest BCUT2D eigenvalue weighted by molar-refractivity contribution is 5.84. The smallest absolute Gasteiger partial charge is 0.0346 e. The summed E-state index contributed by atoms with van der Waals surface area (Å²) in [6.07, 6.45) is 6.08. The molecule has 3 rings (SSSR count). The highest BCUT2D eigenvalue weighted by Crippen LogP contribution is 2.17. The van der Waals surface area contributed by atoms with E-state index in [2.05, 4.69) is 64.9 Å². The fraction of sp³-hybridized carbons (Fsp3) is 0.211. The number of fused-ring (bicyclic) bond motifs is 1. The lowest BCUT2D eigenvalue weighted by molar-refractivity contribution is 0.651. The number of nitrogens with one attached hydrogen (secondary N) is 1. The van der Waals surface area contributed by atoms with Crippen LogP contribution in [0, 0.1) is 0 Å². The average molecular weight is 276 g/mol. The lowest BCUT2D eigenvalue weighted by Crippen LogP contribution is -2.15. The molecular weight excluding hydrogens is 256 g/mol. The Morgan fingerprint density at radius 3 is 2.71 bits per heavy atom. The van der Waals surface area contributed by atoms with Crippen molar-refractivity contribution in [3.63, 3.8) is 0 Å². The summed E-state index contributed by atoms with van der Waals surface area (Å²) in [5.74, 6) is 0. The van der Waals surface area contributed by atoms with Crippen LogP contribution < -0.4 is 5.32 Å². The van der Waals surface area contributed by atoms with Gasteiger partial charge in [0.1, 0.15) is 0 Å². The Morgan fingerprint density at radius 2 is 1.81 bits per heavy atom. The number of aromatic nitrogens is 1. The van der Waals surface area contributed by atoms with Crippen LogP contribution in [-0.2, 0) is 13.0 Å². The first-order chi connectivity index (χ1) is 10.4. The molecule has 0 saturated carbocycles. The number of rotatable bonds is 6. The van der Waals surface area contributed by atoms with E-state index in [0.29, 0.717) is 0 Å². The van der Waals surface area contributed by atoms with Crippen LogP contribution in [0.5, 0.6) is 0 Å². The second kappa shape index (κ2) is 7.00. The van der Waals surface area contributed by atoms with Crippen LogP contribution in [0.4, 0.5) is 0 Å². The Kier molecular flexibility index (Phi) is 4.59. The molecule has 3 aromatic rings. The summed E-state index contributed by atoms with van der Waals surface area (Å²) in [6.45, 7) is 1.95. The van der Waals surface area contributed by atoms with Gasteiger partial charge in [0.15, 0.2) is 0 Å². The van der Waals surface area contributed by atoms with Crippen molar-refractivity contribution >= 4 is 10.8 Å². The van der Waals surface area contributed by atoms with Gasteiger partial charge in [-0.25, -0.2) is 0 Å². The van der Waals surface area contributed by atoms with Crippen molar-refractivity contribution in [1.82, 2.24) is 10.3 Å². The molecule has 1 aromatic heterocycles. The second-order valence-electron chi connectivity index (χ2n) is 5.28. The highest BCUT2D eigenvalue weighted by Gasteiger charge is 2.00. The molecule has 2 heteroatoms. The summed E-state index contributed by atoms with van der Waals surface area (Å²) >= 11 is 0. The molecule has 0 atom stereocenters. The topological polar surface area (TPSA) is 24.9 Å². The molecule has 0 amide bonds. The average Bonchev–Trinajstić information content (AvgIpc) is 2.56. The standard InChI is InChI=1S/C19H20N2/c1-2-6-16(7-3-1)8-5-12-20-14-17-9-4-10-18-15-21-13-11-19(17)18/h1-4,6-7,9-11,13,15,20H,5,8,12,14H2. The summed E-state index contributed by atoms with van der Waals surface area (Å²) in [6, 6.07) is 19.2. The third-order valence-electron chi connectivity index (χ3n) is 3.75. The third kappa shape index (κ3) is 3.67. The highest BCUT2D eigenvalue weighted by atomic mass is 14.8. The zero-order valence-corrected chi connectivity index (χ0v) is 12.1. The maximum absolute atomic E-state index is 4.18. The Bertz CT molecular complexity index is 687. The first-order valence-electron chi connectivity index (χ1n) is 7.50. The number of aryl methyl sites for hydroxylation is 1. The van der Waals surface area contributed by atoms with Crippen LogP contribution in [0.15, 0.2) is 67.0 Å². The molecule has 0 bridgehead atoms. The van der Waals surface area contributed by atoms with E-state index in [-0.39, 0.29) is 0 Å². The van der Waals surface area contributed by atoms with E-state index >= 15 is 0 Å². The molecule has 0 fully saturated rings. The van der Waals surface area contributed by atoms with Gasteiger partial charge in [0, 0.05) is 24.3 Å². The fourth-order valence-corrected chi connectivity index (χ4v) is 2.63. The van der Waals surface area contributed by atoms with Gasteiger partial charge >= 0.3 is 0 Å². The van der Waals surface area contributed by atoms with Crippen molar-refractivity contribution in [2.24, 2.45) is 0 Å². The number of nitrogens with zero attached hydrogens (tertiary/aromatic N) is 1. The summed E-state index contributed by atoms with van der Waals surface area (Å²) in [5.41, 5.74) is 2.75. The van der Waals surface area contributed by atoms with Gasteiger partial charge in [-0.1, -0.05) is 48.5 Å². The van der Waals surface area contributed by atoms with Gasteiger partial charge in [-0.2, -0.15) is 0 Å². The number of hydrogen-bond acceptors (Lipinski definition) is 2. The molecule has 106 valence electrons. The molecule has 0 radical (unpaired) electrons. The van der Waals surface area contributed by atoms with Crippen molar-refractivity contribution < 1.29 is 0 Å². The van der Waals surface area contributed by atoms with Crippen LogP contribution >= 0.6 is 0 Å². The van der Waals surface area contributed by atoms with E-state index in [9.17, 15) is 0 Å². The molecule has 2 aromatic carbocycles. The summed E-state index contributed by atoms with van der Waals surface area (Å²) in [4.78, 5) is 4.18. The number of pyridine rings is 1. The minimum atomic E-state index is 0.913. The zero-order chi connectivity index (χ0) is 14.3. The summed E-state index contributed by atoms with van der Waals surface area (Å²) in [7, 11) is 0. The normalized spacial score (nSPS) is 10.9. The van der Waals surface area contributed by atoms with Crippen LogP contribution in [-0.4, -0.2) is 11.5 Å². The van der Waals surface area contributed by atoms with E-state index in [0.717, 1.165) is 25.9 Å². The molecule has 0 spiro atoms. The minimum absolute atomic E-state index is 0.913. The maximum Gasteiger partial charge on any atom is 0.0346 e. The molecule has 0 aliphatic rings. The van der Waals surface area contributed by atoms with Gasteiger partial charge < -0.3 is 5.32 Å². The van der Waals surface area contributed by atoms with Crippen molar-refractivity contribution in [3.05, 3.63) is 78.1 Å². The van der Waals surface area contributed by atoms with Crippen LogP contribution in [0.2, 0.25) is 0 Å². The Labute approximate surface area is 125 Å². The lowest BCUT2D eigenvalue weighted by Gasteiger charge is -2.08. The van der Waals surface area contributed by atoms with Gasteiger partial charge in [-0.3, -0.25) is 4.98 Å². The molecule has 0 aliphatic heterocycles. The van der Waals surface area contributed by atoms with Crippen LogP contribution in [0.25, 0.3) is 10.8 Å². The van der Waals surface area contributed by atoms with Crippen molar-refractivity contribution in [3.8, 4) is 0 Å². The van der Waals surface area contributed by atoms with E-state index < -0.39 is 0 Å². The van der Waals surface area contributed by atoms with E-state index in [1.165, 1.54) is 21.9 Å². The molecule has 1 heterocycles. The fourth-order valence-electron chi connectivity index (χ4n) is 2.63. The Morgan fingerprint density at radius 1 is 0.905 bits per heavy atom. The third-order valence-corrected chi connectivity index (χ3v) is 3.75. The van der Waals surface area contributed by atoms with Gasteiger partial charge in [-0.05, 0) is 42.0 Å². The quantitative estimate of drug-likeness (QED) is 0.689. The first kappa shape index (κ1) is 13.8. The van der Waals surface area contributed by atoms with Gasteiger partial charge in [0.2, 0.25) is 0 Å². The first-order valence-corrected chi connectivity index (χ1v) is 7.50. The SMILES string of the molecule is c1ccc(CCCNCc2cccc3cnccc23)cc1. The molecule has 21 heavy (non-hydrogen) atoms. The molecule has 1 N–H and O–H groups in total. The molecular formula is C19H20N2. The predicted octanol–water partition coefficient (Wildman–Crippen LogP) is 3.96. The second-order valence-corrected chi connectivity index (χ2v) is 5.28. The predicted molar refractivity (Wildman–Crippen MR) is 88.2 cm³/mol. The summed E-state index contributed by atoms with van der Waals surface area (Å²) < 4.78 is 0. The Hall–Kier alpha value is -2.19. The Balaban J connectivity index is 1.51. The maximum atomic E-state index is 4.18. The molecule has 0 aliphatic carbocycles. The van der Waals surface area contributed by atoms with Gasteiger partial charge in [0.05, 0.1) is 0 Å². The van der Waals surface area contributed by atoms with Crippen molar-refractivity contribution in [2.45, 2.75) is 19.4 Å². The van der Waals surface area contributed by atoms with Gasteiger partial charge in [0.25, 0.3) is 0 Å². The largest absolute Gasteiger partial charge is 0.313 e. The lowest BCUT2D eigenvalue weighted by atomic mass is 10.1.